The number of hydrogen-bond acceptors (Lipinski definition) is 27. The summed E-state index contributed by atoms with van der Waals surface area (Å²) in [5, 5.41) is 104. The molecule has 15 atom stereocenters. The van der Waals surface area contributed by atoms with E-state index in [1.54, 1.807) is 0 Å². The Morgan fingerprint density at radius 1 is 0.366 bits per heavy atom. The number of carbonyl (C=O) groups is 9. The summed E-state index contributed by atoms with van der Waals surface area (Å²) in [6.07, 6.45) is -5.04. The van der Waals surface area contributed by atoms with Crippen molar-refractivity contribution < 1.29 is 132 Å². The van der Waals surface area contributed by atoms with Gasteiger partial charge in [-0.25, -0.2) is 0 Å². The lowest BCUT2D eigenvalue weighted by Crippen LogP contribution is -2.64. The van der Waals surface area contributed by atoms with E-state index in [9.17, 15) is 89.1 Å². The van der Waals surface area contributed by atoms with Crippen LogP contribution in [0.5, 0.6) is 0 Å². The Kier molecular flexibility index (Phi) is 46.1. The van der Waals surface area contributed by atoms with Crippen LogP contribution in [-0.2, 0) is 85.8 Å². The zero-order valence-electron chi connectivity index (χ0n) is 60.0. The smallest absolute Gasteiger partial charge is 0.222 e. The lowest BCUT2D eigenvalue weighted by molar-refractivity contribution is -0.270. The van der Waals surface area contributed by atoms with Crippen molar-refractivity contribution in [3.8, 4) is 0 Å². The summed E-state index contributed by atoms with van der Waals surface area (Å²) in [6, 6.07) is -3.16. The average Bonchev–Trinajstić information content (AvgIpc) is 0.826. The first-order chi connectivity index (χ1) is 48.2. The molecule has 3 aliphatic rings. The van der Waals surface area contributed by atoms with Crippen LogP contribution in [0.1, 0.15) is 189 Å². The van der Waals surface area contributed by atoms with E-state index in [0.717, 1.165) is 0 Å². The maximum atomic E-state index is 13.0. The van der Waals surface area contributed by atoms with Crippen molar-refractivity contribution in [3.63, 3.8) is 0 Å². The molecule has 3 fully saturated rings. The molecule has 3 rings (SSSR count). The fourth-order valence-electron chi connectivity index (χ4n) is 12.1. The first-order valence-corrected chi connectivity index (χ1v) is 36.1. The maximum absolute atomic E-state index is 13.0. The Labute approximate surface area is 593 Å². The summed E-state index contributed by atoms with van der Waals surface area (Å²) in [4.78, 5) is 112. The van der Waals surface area contributed by atoms with Gasteiger partial charge in [0.1, 0.15) is 96.2 Å². The highest BCUT2D eigenvalue weighted by atomic mass is 16.7. The van der Waals surface area contributed by atoms with Crippen molar-refractivity contribution in [1.82, 2.24) is 26.6 Å². The lowest BCUT2D eigenvalue weighted by atomic mass is 9.82. The number of aliphatic hydroxyl groups excluding tert-OH is 9. The van der Waals surface area contributed by atoms with Gasteiger partial charge in [0.15, 0.2) is 18.9 Å². The number of rotatable bonds is 57. The second kappa shape index (κ2) is 51.5. The van der Waals surface area contributed by atoms with Crippen molar-refractivity contribution in [3.05, 3.63) is 0 Å². The predicted molar refractivity (Wildman–Crippen MR) is 361 cm³/mol. The van der Waals surface area contributed by atoms with E-state index >= 15 is 0 Å². The Morgan fingerprint density at radius 2 is 0.644 bits per heavy atom. The second-order valence-electron chi connectivity index (χ2n) is 27.1. The van der Waals surface area contributed by atoms with Crippen molar-refractivity contribution in [2.24, 2.45) is 11.3 Å². The molecule has 32 heteroatoms. The van der Waals surface area contributed by atoms with Gasteiger partial charge in [-0.2, -0.15) is 0 Å². The topological polar surface area (TPSA) is 479 Å². The van der Waals surface area contributed by atoms with Gasteiger partial charge in [-0.3, -0.25) is 43.2 Å². The molecule has 0 aromatic rings. The normalized spacial score (nSPS) is 25.8. The van der Waals surface area contributed by atoms with E-state index < -0.39 is 135 Å². The van der Waals surface area contributed by atoms with Gasteiger partial charge >= 0.3 is 0 Å². The van der Waals surface area contributed by atoms with Gasteiger partial charge in [-0.1, -0.05) is 20.3 Å². The number of Topliss-reactive ketones (excluding diaryl/α,β-unsaturated/α-hetero) is 4. The maximum Gasteiger partial charge on any atom is 0.222 e. The zero-order chi connectivity index (χ0) is 74.7. The Hall–Kier alpha value is -4.69. The minimum atomic E-state index is -1.43. The Bertz CT molecular complexity index is 2170. The number of hydrogen-bond donors (Lipinski definition) is 14. The molecule has 0 bridgehead atoms. The van der Waals surface area contributed by atoms with Crippen LogP contribution in [0.4, 0.5) is 0 Å². The van der Waals surface area contributed by atoms with E-state index in [2.05, 4.69) is 26.6 Å². The number of aliphatic hydroxyl groups is 9. The van der Waals surface area contributed by atoms with Gasteiger partial charge in [0.2, 0.25) is 29.5 Å². The quantitative estimate of drug-likeness (QED) is 0.0339. The summed E-state index contributed by atoms with van der Waals surface area (Å²) >= 11 is 0. The molecule has 0 aliphatic carbocycles. The largest absolute Gasteiger partial charge is 0.394 e. The molecule has 3 aliphatic heterocycles. The van der Waals surface area contributed by atoms with Crippen LogP contribution < -0.4 is 26.6 Å². The fraction of sp³-hybridized carbons (Fsp3) is 0.870. The fourth-order valence-corrected chi connectivity index (χ4v) is 12.1. The van der Waals surface area contributed by atoms with Gasteiger partial charge in [0.25, 0.3) is 0 Å². The van der Waals surface area contributed by atoms with E-state index in [1.807, 2.05) is 13.8 Å². The molecular weight excluding hydrogens is 1330 g/mol. The minimum Gasteiger partial charge on any atom is -0.394 e. The third-order valence-corrected chi connectivity index (χ3v) is 17.5. The van der Waals surface area contributed by atoms with Crippen LogP contribution in [0, 0.1) is 11.3 Å². The molecule has 584 valence electrons. The third kappa shape index (κ3) is 36.7. The van der Waals surface area contributed by atoms with Crippen LogP contribution in [0.2, 0.25) is 0 Å². The summed E-state index contributed by atoms with van der Waals surface area (Å²) in [7, 11) is 0. The number of ketones is 4. The number of ether oxygens (including phenoxy) is 9. The second-order valence-corrected chi connectivity index (χ2v) is 27.1. The van der Waals surface area contributed by atoms with E-state index in [0.29, 0.717) is 148 Å². The molecule has 3 heterocycles. The zero-order valence-corrected chi connectivity index (χ0v) is 60.0. The standard InChI is InChI=1S/C69H121N5O27/c1-44(2)37-69(41-93-34-26-51(84)20-8-6-7-19-48(81)23-11-16-31-96-66-57(72-45(3)78)63(90)60(87)52(38-75)99-66,42-94-35-27-55(85)70-29-14-9-21-49(82)24-12-17-32-97-67-58(73-46(4)79)64(91)61(88)53(39-76)100-67)43-95-36-28-56(86)71-30-15-10-22-50(83)25-13-18-33-98-68-59(74-47(5)80)65(92)62(89)54(40-77)101-68/h44,52-54,57-68,75-77,87-92H,6-43H2,1-5H3,(H,70,85)(H,71,86)(H,72,78)(H,73,79)(H,74,80)/t52?,53?,54?,57?,58?,59?,60-,61-,62-,63+,64+,65+,66+,67+,68+,69?/m0/s1. The monoisotopic (exact) mass is 1450 g/mol. The minimum absolute atomic E-state index is 0.00577. The molecule has 32 nitrogen and oxygen atoms in total. The summed E-state index contributed by atoms with van der Waals surface area (Å²) in [6.45, 7) is 7.99. The van der Waals surface area contributed by atoms with Crippen molar-refractivity contribution in [2.45, 2.75) is 281 Å². The van der Waals surface area contributed by atoms with E-state index in [1.165, 1.54) is 20.8 Å². The number of amides is 5. The molecule has 3 saturated heterocycles. The highest BCUT2D eigenvalue weighted by molar-refractivity contribution is 5.80. The number of nitrogens with one attached hydrogen (secondary N) is 5. The first-order valence-electron chi connectivity index (χ1n) is 36.1. The molecule has 5 amide bonds. The van der Waals surface area contributed by atoms with Crippen LogP contribution in [0.15, 0.2) is 0 Å². The third-order valence-electron chi connectivity index (χ3n) is 17.5. The molecule has 0 spiro atoms. The van der Waals surface area contributed by atoms with Crippen molar-refractivity contribution in [2.75, 3.05) is 92.4 Å². The van der Waals surface area contributed by atoms with Gasteiger partial charge in [0, 0.05) is 123 Å². The molecule has 0 aromatic carbocycles. The van der Waals surface area contributed by atoms with Gasteiger partial charge in [-0.05, 0) is 89.4 Å². The van der Waals surface area contributed by atoms with Crippen molar-refractivity contribution >= 4 is 52.7 Å². The number of unbranched alkanes of at least 4 members (excludes halogenated alkanes) is 7. The lowest BCUT2D eigenvalue weighted by Gasteiger charge is -2.42. The van der Waals surface area contributed by atoms with E-state index in [4.69, 9.17) is 42.6 Å². The van der Waals surface area contributed by atoms with Crippen LogP contribution in [0.3, 0.4) is 0 Å². The predicted octanol–water partition coefficient (Wildman–Crippen LogP) is -0.569. The van der Waals surface area contributed by atoms with Crippen LogP contribution in [0.25, 0.3) is 0 Å². The van der Waals surface area contributed by atoms with Crippen LogP contribution >= 0.6 is 0 Å². The first kappa shape index (κ1) is 90.5. The van der Waals surface area contributed by atoms with Gasteiger partial charge < -0.3 is 115 Å². The molecule has 0 aromatic heterocycles. The molecule has 14 N–H and O–H groups in total. The summed E-state index contributed by atoms with van der Waals surface area (Å²) in [5.41, 5.74) is -0.723. The average molecular weight is 1450 g/mol. The molecule has 0 saturated carbocycles. The molecular formula is C69H121N5O27. The summed E-state index contributed by atoms with van der Waals surface area (Å²) in [5.74, 6) is -1.57. The molecule has 101 heavy (non-hydrogen) atoms. The Balaban J connectivity index is 1.40. The van der Waals surface area contributed by atoms with Gasteiger partial charge in [-0.15, -0.1) is 0 Å². The highest BCUT2D eigenvalue weighted by Gasteiger charge is 2.48. The van der Waals surface area contributed by atoms with Crippen molar-refractivity contribution in [1.29, 1.82) is 0 Å². The summed E-state index contributed by atoms with van der Waals surface area (Å²) < 4.78 is 52.4. The van der Waals surface area contributed by atoms with Crippen LogP contribution in [-0.4, -0.2) is 283 Å². The number of carbonyl (C=O) groups excluding carboxylic acids is 9. The highest BCUT2D eigenvalue weighted by Crippen LogP contribution is 2.30. The molecule has 0 radical (unpaired) electrons. The SMILES string of the molecule is CC(=O)NC1[C@H](OCCCCC(=O)CCCCCC(=O)CCOCC(COCCC(=O)NCCCCC(=O)CCCCO[C@@H]2OC(CO)[C@H](O)[C@H](O)C2NC(C)=O)(COCCC(=O)NCCCCC(=O)CCCCO[C@@H]2OC(CO)[C@H](O)[C@H](O)C2NC(C)=O)CC(C)C)OC(CO)[C@H](O)[C@@H]1O. The van der Waals surface area contributed by atoms with E-state index in [-0.39, 0.29) is 120 Å². The Morgan fingerprint density at radius 3 is 0.931 bits per heavy atom. The van der Waals surface area contributed by atoms with Gasteiger partial charge in [0.05, 0.1) is 59.5 Å². The molecule has 6 unspecified atom stereocenters.